The lowest BCUT2D eigenvalue weighted by molar-refractivity contribution is -0.130. The van der Waals surface area contributed by atoms with Crippen molar-refractivity contribution in [2.75, 3.05) is 0 Å². The SMILES string of the molecule is C=C(C)C(=O)Oc1cccc(/C=C/c2ccc(/C=C/c3ccccc3OC(=O)C(=C)C)cc2)c1. The van der Waals surface area contributed by atoms with Gasteiger partial charge in [0.1, 0.15) is 11.5 Å². The highest BCUT2D eigenvalue weighted by atomic mass is 16.5. The van der Waals surface area contributed by atoms with Gasteiger partial charge in [0.25, 0.3) is 0 Å². The number of rotatable bonds is 8. The summed E-state index contributed by atoms with van der Waals surface area (Å²) in [6.45, 7) is 10.4. The second-order valence-electron chi connectivity index (χ2n) is 7.78. The number of para-hydroxylation sites is 1. The molecule has 0 fully saturated rings. The molecule has 0 aliphatic heterocycles. The molecule has 0 aliphatic carbocycles. The number of ether oxygens (including phenoxy) is 2. The molecular weight excluding hydrogens is 424 g/mol. The fourth-order valence-electron chi connectivity index (χ4n) is 2.87. The monoisotopic (exact) mass is 450 g/mol. The van der Waals surface area contributed by atoms with Gasteiger partial charge in [0.05, 0.1) is 0 Å². The van der Waals surface area contributed by atoms with Crippen LogP contribution in [0.5, 0.6) is 11.5 Å². The average Bonchev–Trinajstić information content (AvgIpc) is 2.83. The van der Waals surface area contributed by atoms with Crippen molar-refractivity contribution >= 4 is 36.2 Å². The largest absolute Gasteiger partial charge is 0.423 e. The molecule has 0 radical (unpaired) electrons. The molecule has 34 heavy (non-hydrogen) atoms. The van der Waals surface area contributed by atoms with Gasteiger partial charge < -0.3 is 9.47 Å². The minimum absolute atomic E-state index is 0.349. The molecule has 4 nitrogen and oxygen atoms in total. The molecule has 0 heterocycles. The van der Waals surface area contributed by atoms with Crippen LogP contribution in [0.15, 0.2) is 97.1 Å². The summed E-state index contributed by atoms with van der Waals surface area (Å²) in [5, 5.41) is 0. The van der Waals surface area contributed by atoms with Crippen LogP contribution < -0.4 is 9.47 Å². The molecule has 0 unspecified atom stereocenters. The Morgan fingerprint density at radius 2 is 1.21 bits per heavy atom. The lowest BCUT2D eigenvalue weighted by Gasteiger charge is -2.07. The fraction of sp³-hybridized carbons (Fsp3) is 0.0667. The molecule has 0 atom stereocenters. The first kappa shape index (κ1) is 24.2. The van der Waals surface area contributed by atoms with Crippen molar-refractivity contribution in [3.05, 3.63) is 119 Å². The molecule has 170 valence electrons. The smallest absolute Gasteiger partial charge is 0.338 e. The second-order valence-corrected chi connectivity index (χ2v) is 7.78. The normalized spacial score (nSPS) is 10.9. The van der Waals surface area contributed by atoms with E-state index in [1.807, 2.05) is 78.9 Å². The van der Waals surface area contributed by atoms with E-state index < -0.39 is 11.9 Å². The first-order valence-corrected chi connectivity index (χ1v) is 10.7. The maximum absolute atomic E-state index is 11.9. The highest BCUT2D eigenvalue weighted by molar-refractivity contribution is 5.90. The molecule has 0 aromatic heterocycles. The molecule has 0 saturated heterocycles. The zero-order valence-corrected chi connectivity index (χ0v) is 19.3. The van der Waals surface area contributed by atoms with Crippen molar-refractivity contribution in [1.82, 2.24) is 0 Å². The summed E-state index contributed by atoms with van der Waals surface area (Å²) < 4.78 is 10.7. The average molecular weight is 451 g/mol. The van der Waals surface area contributed by atoms with E-state index in [-0.39, 0.29) is 0 Å². The lowest BCUT2D eigenvalue weighted by Crippen LogP contribution is -2.08. The van der Waals surface area contributed by atoms with Gasteiger partial charge in [-0.2, -0.15) is 0 Å². The topological polar surface area (TPSA) is 52.6 Å². The van der Waals surface area contributed by atoms with Gasteiger partial charge in [-0.3, -0.25) is 0 Å². The first-order chi connectivity index (χ1) is 16.3. The van der Waals surface area contributed by atoms with Crippen molar-refractivity contribution in [2.45, 2.75) is 13.8 Å². The number of benzene rings is 3. The summed E-state index contributed by atoms with van der Waals surface area (Å²) >= 11 is 0. The molecule has 0 aliphatic rings. The van der Waals surface area contributed by atoms with Gasteiger partial charge in [-0.25, -0.2) is 9.59 Å². The van der Waals surface area contributed by atoms with Crippen LogP contribution in [0.2, 0.25) is 0 Å². The Morgan fingerprint density at radius 3 is 1.85 bits per heavy atom. The van der Waals surface area contributed by atoms with Gasteiger partial charge >= 0.3 is 11.9 Å². The summed E-state index contributed by atoms with van der Waals surface area (Å²) in [5.74, 6) is 0.0743. The number of carbonyl (C=O) groups is 2. The highest BCUT2D eigenvalue weighted by Crippen LogP contribution is 2.22. The van der Waals surface area contributed by atoms with Crippen molar-refractivity contribution in [3.8, 4) is 11.5 Å². The molecule has 4 heteroatoms. The highest BCUT2D eigenvalue weighted by Gasteiger charge is 2.08. The number of esters is 2. The minimum atomic E-state index is -0.448. The van der Waals surface area contributed by atoms with Gasteiger partial charge in [-0.15, -0.1) is 0 Å². The van der Waals surface area contributed by atoms with Crippen molar-refractivity contribution in [3.63, 3.8) is 0 Å². The standard InChI is InChI=1S/C30H26O4/c1-21(2)29(31)33-27-10-7-8-25(20-27)17-16-23-12-14-24(15-13-23)18-19-26-9-5-6-11-28(26)34-30(32)22(3)4/h5-20H,1,3H2,2,4H3/b17-16+,19-18+. The van der Waals surface area contributed by atoms with Crippen molar-refractivity contribution in [1.29, 1.82) is 0 Å². The van der Waals surface area contributed by atoms with Gasteiger partial charge in [0.2, 0.25) is 0 Å². The van der Waals surface area contributed by atoms with E-state index in [1.165, 1.54) is 0 Å². The molecule has 3 rings (SSSR count). The Morgan fingerprint density at radius 1 is 0.647 bits per heavy atom. The third-order valence-electron chi connectivity index (χ3n) is 4.75. The summed E-state index contributed by atoms with van der Waals surface area (Å²) in [6, 6.07) is 22.7. The van der Waals surface area contributed by atoms with E-state index in [1.54, 1.807) is 32.0 Å². The van der Waals surface area contributed by atoms with Crippen LogP contribution in [0.4, 0.5) is 0 Å². The van der Waals surface area contributed by atoms with E-state index in [0.717, 1.165) is 22.3 Å². The van der Waals surface area contributed by atoms with Gasteiger partial charge in [-0.05, 0) is 48.7 Å². The van der Waals surface area contributed by atoms with Crippen LogP contribution in [-0.2, 0) is 9.59 Å². The van der Waals surface area contributed by atoms with Gasteiger partial charge in [-0.1, -0.05) is 92.1 Å². The molecule has 3 aromatic carbocycles. The quantitative estimate of drug-likeness (QED) is 0.161. The van der Waals surface area contributed by atoms with E-state index in [9.17, 15) is 9.59 Å². The molecular formula is C30H26O4. The van der Waals surface area contributed by atoms with Gasteiger partial charge in [0.15, 0.2) is 0 Å². The molecule has 0 amide bonds. The Hall–Kier alpha value is -4.44. The van der Waals surface area contributed by atoms with Crippen LogP contribution >= 0.6 is 0 Å². The second kappa shape index (κ2) is 11.4. The molecule has 0 spiro atoms. The summed E-state index contributed by atoms with van der Waals surface area (Å²) in [4.78, 5) is 23.6. The van der Waals surface area contributed by atoms with Gasteiger partial charge in [0, 0.05) is 16.7 Å². The van der Waals surface area contributed by atoms with Crippen LogP contribution in [0.25, 0.3) is 24.3 Å². The Balaban J connectivity index is 1.67. The van der Waals surface area contributed by atoms with Crippen LogP contribution in [0.3, 0.4) is 0 Å². The zero-order chi connectivity index (χ0) is 24.5. The third-order valence-corrected chi connectivity index (χ3v) is 4.75. The fourth-order valence-corrected chi connectivity index (χ4v) is 2.87. The van der Waals surface area contributed by atoms with E-state index in [2.05, 4.69) is 13.2 Å². The van der Waals surface area contributed by atoms with Crippen LogP contribution in [0.1, 0.15) is 36.1 Å². The van der Waals surface area contributed by atoms with E-state index in [0.29, 0.717) is 22.6 Å². The molecule has 0 bridgehead atoms. The number of carbonyl (C=O) groups excluding carboxylic acids is 2. The first-order valence-electron chi connectivity index (χ1n) is 10.7. The Labute approximate surface area is 200 Å². The van der Waals surface area contributed by atoms with Crippen LogP contribution in [-0.4, -0.2) is 11.9 Å². The number of hydrogen-bond donors (Lipinski definition) is 0. The lowest BCUT2D eigenvalue weighted by atomic mass is 10.1. The maximum atomic E-state index is 11.9. The van der Waals surface area contributed by atoms with Crippen molar-refractivity contribution < 1.29 is 19.1 Å². The summed E-state index contributed by atoms with van der Waals surface area (Å²) in [7, 11) is 0. The third kappa shape index (κ3) is 7.04. The predicted octanol–water partition coefficient (Wildman–Crippen LogP) is 6.99. The molecule has 3 aromatic rings. The zero-order valence-electron chi connectivity index (χ0n) is 19.3. The summed E-state index contributed by atoms with van der Waals surface area (Å²) in [6.07, 6.45) is 7.80. The Bertz CT molecular complexity index is 1280. The molecule has 0 N–H and O–H groups in total. The summed E-state index contributed by atoms with van der Waals surface area (Å²) in [5.41, 5.74) is 4.45. The molecule has 0 saturated carbocycles. The van der Waals surface area contributed by atoms with Crippen LogP contribution in [0, 0.1) is 0 Å². The number of hydrogen-bond acceptors (Lipinski definition) is 4. The maximum Gasteiger partial charge on any atom is 0.338 e. The Kier molecular flexibility index (Phi) is 8.14. The minimum Gasteiger partial charge on any atom is -0.423 e. The van der Waals surface area contributed by atoms with E-state index >= 15 is 0 Å². The van der Waals surface area contributed by atoms with E-state index in [4.69, 9.17) is 9.47 Å². The predicted molar refractivity (Wildman–Crippen MR) is 138 cm³/mol. The van der Waals surface area contributed by atoms with Crippen molar-refractivity contribution in [2.24, 2.45) is 0 Å².